The molecule has 64 valence electrons. The fourth-order valence-electron chi connectivity index (χ4n) is 0.673. The van der Waals surface area contributed by atoms with E-state index in [1.165, 1.54) is 24.3 Å². The third-order valence-electron chi connectivity index (χ3n) is 1.18. The third-order valence-corrected chi connectivity index (χ3v) is 1.40. The molecule has 0 heterocycles. The summed E-state index contributed by atoms with van der Waals surface area (Å²) in [5, 5.41) is 8.88. The molecule has 4 heteroatoms. The molecule has 0 atom stereocenters. The molecule has 3 nitrogen and oxygen atoms in total. The Morgan fingerprint density at radius 1 is 1.42 bits per heavy atom. The molecule has 0 bridgehead atoms. The summed E-state index contributed by atoms with van der Waals surface area (Å²) < 4.78 is 4.74. The number of carbonyl (C=O) groups is 1. The Hall–Kier alpha value is -1.22. The topological polar surface area (TPSA) is 46.5 Å². The number of halogens is 1. The van der Waals surface area contributed by atoms with Crippen LogP contribution in [0.15, 0.2) is 24.3 Å². The van der Waals surface area contributed by atoms with Gasteiger partial charge in [0.15, 0.2) is 0 Å². The Kier molecular flexibility index (Phi) is 2.94. The van der Waals surface area contributed by atoms with Crippen molar-refractivity contribution in [2.75, 3.05) is 5.88 Å². The molecule has 0 unspecified atom stereocenters. The predicted octanol–water partition coefficient (Wildman–Crippen LogP) is 1.54. The minimum absolute atomic E-state index is 0.126. The molecule has 0 saturated carbocycles. The number of carbonyl (C=O) groups excluding carboxylic acids is 1. The summed E-state index contributed by atoms with van der Waals surface area (Å²) in [6.07, 6.45) is 0. The van der Waals surface area contributed by atoms with Gasteiger partial charge in [0.2, 0.25) is 0 Å². The number of hydrogen-bond donors (Lipinski definition) is 1. The van der Waals surface area contributed by atoms with Crippen LogP contribution in [0.2, 0.25) is 0 Å². The van der Waals surface area contributed by atoms with Crippen molar-refractivity contribution in [2.45, 2.75) is 0 Å². The predicted molar refractivity (Wildman–Crippen MR) is 44.5 cm³/mol. The number of esters is 1. The zero-order valence-corrected chi connectivity index (χ0v) is 6.91. The van der Waals surface area contributed by atoms with Gasteiger partial charge in [0.05, 0.1) is 0 Å². The number of benzene rings is 1. The molecule has 0 aliphatic carbocycles. The maximum absolute atomic E-state index is 10.6. The second-order valence-electron chi connectivity index (χ2n) is 2.10. The lowest BCUT2D eigenvalue weighted by Gasteiger charge is -2.00. The van der Waals surface area contributed by atoms with Crippen LogP contribution in [0, 0.1) is 0 Å². The van der Waals surface area contributed by atoms with E-state index in [0.29, 0.717) is 5.75 Å². The molecular formula is C8H7ClO3. The van der Waals surface area contributed by atoms with E-state index >= 15 is 0 Å². The van der Waals surface area contributed by atoms with Gasteiger partial charge in [0, 0.05) is 0 Å². The summed E-state index contributed by atoms with van der Waals surface area (Å²) >= 11 is 5.21. The summed E-state index contributed by atoms with van der Waals surface area (Å²) in [6.45, 7) is 0. The van der Waals surface area contributed by atoms with E-state index < -0.39 is 5.97 Å². The van der Waals surface area contributed by atoms with Crippen LogP contribution in [0.4, 0.5) is 0 Å². The van der Waals surface area contributed by atoms with Crippen LogP contribution in [0.5, 0.6) is 11.5 Å². The van der Waals surface area contributed by atoms with Crippen molar-refractivity contribution in [3.8, 4) is 11.5 Å². The Morgan fingerprint density at radius 2 is 2.00 bits per heavy atom. The van der Waals surface area contributed by atoms with Gasteiger partial charge in [-0.1, -0.05) is 0 Å². The Bertz CT molecular complexity index is 268. The first-order chi connectivity index (χ1) is 5.72. The van der Waals surface area contributed by atoms with Crippen LogP contribution < -0.4 is 4.74 Å². The molecule has 0 radical (unpaired) electrons. The quantitative estimate of drug-likeness (QED) is 0.433. The largest absolute Gasteiger partial charge is 0.508 e. The maximum Gasteiger partial charge on any atom is 0.326 e. The molecular weight excluding hydrogens is 180 g/mol. The van der Waals surface area contributed by atoms with E-state index in [2.05, 4.69) is 0 Å². The van der Waals surface area contributed by atoms with Crippen molar-refractivity contribution in [1.82, 2.24) is 0 Å². The first-order valence-corrected chi connectivity index (χ1v) is 3.81. The molecule has 0 aliphatic heterocycles. The average Bonchev–Trinajstić information content (AvgIpc) is 2.09. The van der Waals surface area contributed by atoms with Gasteiger partial charge < -0.3 is 9.84 Å². The lowest BCUT2D eigenvalue weighted by Crippen LogP contribution is -2.08. The standard InChI is InChI=1S/C8H7ClO3/c9-5-8(11)12-7-3-1-6(10)2-4-7/h1-4,10H,5H2. The van der Waals surface area contributed by atoms with Crippen molar-refractivity contribution < 1.29 is 14.6 Å². The molecule has 12 heavy (non-hydrogen) atoms. The molecule has 0 saturated heterocycles. The molecule has 1 aromatic carbocycles. The van der Waals surface area contributed by atoms with E-state index in [1.807, 2.05) is 0 Å². The highest BCUT2D eigenvalue weighted by molar-refractivity contribution is 6.26. The van der Waals surface area contributed by atoms with Crippen LogP contribution in [0.1, 0.15) is 0 Å². The number of rotatable bonds is 2. The van der Waals surface area contributed by atoms with E-state index in [1.54, 1.807) is 0 Å². The molecule has 0 aromatic heterocycles. The Morgan fingerprint density at radius 3 is 2.50 bits per heavy atom. The van der Waals surface area contributed by atoms with Crippen LogP contribution in [0.25, 0.3) is 0 Å². The summed E-state index contributed by atoms with van der Waals surface area (Å²) in [5.74, 6) is -0.192. The Labute approximate surface area is 74.5 Å². The molecule has 0 spiro atoms. The third kappa shape index (κ3) is 2.43. The fraction of sp³-hybridized carbons (Fsp3) is 0.125. The molecule has 1 N–H and O–H groups in total. The van der Waals surface area contributed by atoms with Gasteiger partial charge in [-0.2, -0.15) is 0 Å². The van der Waals surface area contributed by atoms with E-state index in [4.69, 9.17) is 21.4 Å². The van der Waals surface area contributed by atoms with Crippen molar-refractivity contribution in [3.63, 3.8) is 0 Å². The van der Waals surface area contributed by atoms with Crippen LogP contribution in [-0.4, -0.2) is 17.0 Å². The van der Waals surface area contributed by atoms with Crippen LogP contribution in [-0.2, 0) is 4.79 Å². The van der Waals surface area contributed by atoms with Crippen molar-refractivity contribution in [1.29, 1.82) is 0 Å². The monoisotopic (exact) mass is 186 g/mol. The van der Waals surface area contributed by atoms with Gasteiger partial charge in [0.25, 0.3) is 0 Å². The van der Waals surface area contributed by atoms with Crippen molar-refractivity contribution >= 4 is 17.6 Å². The maximum atomic E-state index is 10.6. The fourth-order valence-corrected chi connectivity index (χ4v) is 0.727. The number of ether oxygens (including phenoxy) is 1. The van der Waals surface area contributed by atoms with Crippen molar-refractivity contribution in [3.05, 3.63) is 24.3 Å². The summed E-state index contributed by atoms with van der Waals surface area (Å²) in [6, 6.07) is 5.83. The van der Waals surface area contributed by atoms with E-state index in [-0.39, 0.29) is 11.6 Å². The van der Waals surface area contributed by atoms with E-state index in [9.17, 15) is 4.79 Å². The first-order valence-electron chi connectivity index (χ1n) is 3.28. The second-order valence-corrected chi connectivity index (χ2v) is 2.37. The van der Waals surface area contributed by atoms with Gasteiger partial charge in [0.1, 0.15) is 17.4 Å². The van der Waals surface area contributed by atoms with E-state index in [0.717, 1.165) is 0 Å². The van der Waals surface area contributed by atoms with Gasteiger partial charge in [-0.3, -0.25) is 4.79 Å². The molecule has 1 rings (SSSR count). The molecule has 0 aliphatic rings. The van der Waals surface area contributed by atoms with Gasteiger partial charge in [-0.25, -0.2) is 0 Å². The molecule has 1 aromatic rings. The highest BCUT2D eigenvalue weighted by Crippen LogP contribution is 2.15. The highest BCUT2D eigenvalue weighted by Gasteiger charge is 2.01. The van der Waals surface area contributed by atoms with Crippen LogP contribution in [0.3, 0.4) is 0 Å². The molecule has 0 fully saturated rings. The Balaban J connectivity index is 2.64. The zero-order valence-electron chi connectivity index (χ0n) is 6.16. The minimum atomic E-state index is -0.512. The lowest BCUT2D eigenvalue weighted by molar-refractivity contribution is -0.131. The van der Waals surface area contributed by atoms with Crippen LogP contribution >= 0.6 is 11.6 Å². The average molecular weight is 187 g/mol. The normalized spacial score (nSPS) is 9.42. The minimum Gasteiger partial charge on any atom is -0.508 e. The second kappa shape index (κ2) is 3.97. The lowest BCUT2D eigenvalue weighted by atomic mass is 10.3. The first kappa shape index (κ1) is 8.87. The van der Waals surface area contributed by atoms with Gasteiger partial charge >= 0.3 is 5.97 Å². The summed E-state index contributed by atoms with van der Waals surface area (Å²) in [7, 11) is 0. The van der Waals surface area contributed by atoms with Gasteiger partial charge in [-0.05, 0) is 24.3 Å². The summed E-state index contributed by atoms with van der Waals surface area (Å²) in [4.78, 5) is 10.6. The number of phenols is 1. The van der Waals surface area contributed by atoms with Crippen molar-refractivity contribution in [2.24, 2.45) is 0 Å². The number of aromatic hydroxyl groups is 1. The SMILES string of the molecule is O=C(CCl)Oc1ccc(O)cc1. The smallest absolute Gasteiger partial charge is 0.326 e. The number of alkyl halides is 1. The van der Waals surface area contributed by atoms with Gasteiger partial charge in [-0.15, -0.1) is 11.6 Å². The summed E-state index contributed by atoms with van der Waals surface area (Å²) in [5.41, 5.74) is 0. The number of phenolic OH excluding ortho intramolecular Hbond substituents is 1. The zero-order chi connectivity index (χ0) is 8.97. The molecule has 0 amide bonds. The highest BCUT2D eigenvalue weighted by atomic mass is 35.5. The number of hydrogen-bond acceptors (Lipinski definition) is 3.